The van der Waals surface area contributed by atoms with Crippen LogP contribution in [-0.4, -0.2) is 17.3 Å². The van der Waals surface area contributed by atoms with Crippen LogP contribution in [0.4, 0.5) is 11.4 Å². The topological polar surface area (TPSA) is 47.1 Å². The minimum absolute atomic E-state index is 0.228. The van der Waals surface area contributed by atoms with Crippen LogP contribution in [0.15, 0.2) is 60.7 Å². The van der Waals surface area contributed by atoms with Crippen LogP contribution in [-0.2, 0) is 4.57 Å². The van der Waals surface area contributed by atoms with Gasteiger partial charge in [0.15, 0.2) is 6.04 Å². The molecule has 1 fully saturated rings. The molecule has 3 rings (SSSR count). The van der Waals surface area contributed by atoms with Gasteiger partial charge in [0, 0.05) is 0 Å². The van der Waals surface area contributed by atoms with Gasteiger partial charge < -0.3 is 0 Å². The minimum Gasteiger partial charge on any atom is -0.196 e. The van der Waals surface area contributed by atoms with Gasteiger partial charge in [0.25, 0.3) is 0 Å². The second-order valence-electron chi connectivity index (χ2n) is 4.50. The lowest BCUT2D eigenvalue weighted by Crippen LogP contribution is -2.11. The van der Waals surface area contributed by atoms with E-state index in [2.05, 4.69) is 6.07 Å². The Bertz CT molecular complexity index is 614. The summed E-state index contributed by atoms with van der Waals surface area (Å²) in [6.07, 6.45) is 0. The molecule has 2 aromatic rings. The van der Waals surface area contributed by atoms with Gasteiger partial charge in [0.1, 0.15) is 0 Å². The first-order valence-corrected chi connectivity index (χ1v) is 7.51. The molecule has 3 unspecified atom stereocenters. The van der Waals surface area contributed by atoms with Crippen LogP contribution < -0.4 is 4.67 Å². The van der Waals surface area contributed by atoms with Crippen molar-refractivity contribution in [3.63, 3.8) is 0 Å². The van der Waals surface area contributed by atoms with Crippen molar-refractivity contribution in [1.29, 1.82) is 5.26 Å². The molecular weight excluding hydrogens is 269 g/mol. The molecule has 0 N–H and O–H groups in total. The van der Waals surface area contributed by atoms with Crippen LogP contribution in [0.5, 0.6) is 0 Å². The molecule has 0 amide bonds. The van der Waals surface area contributed by atoms with Gasteiger partial charge in [-0.2, -0.15) is 5.26 Å². The maximum Gasteiger partial charge on any atom is 0.572 e. The SMILES string of the molecule is N#CC1CN1[P+](=O)N(c1ccccc1)c1ccccc1. The molecule has 0 saturated carbocycles. The number of para-hydroxylation sites is 2. The molecule has 1 heterocycles. The highest BCUT2D eigenvalue weighted by Crippen LogP contribution is 2.48. The maximum absolute atomic E-state index is 12.7. The number of nitriles is 1. The molecule has 0 bridgehead atoms. The zero-order valence-corrected chi connectivity index (χ0v) is 11.6. The first kappa shape index (κ1) is 12.8. The fourth-order valence-corrected chi connectivity index (χ4v) is 3.50. The van der Waals surface area contributed by atoms with Gasteiger partial charge in [-0.05, 0) is 28.8 Å². The van der Waals surface area contributed by atoms with Crippen molar-refractivity contribution >= 4 is 19.5 Å². The largest absolute Gasteiger partial charge is 0.572 e. The third-order valence-corrected chi connectivity index (χ3v) is 4.81. The van der Waals surface area contributed by atoms with Crippen LogP contribution in [0.25, 0.3) is 0 Å². The van der Waals surface area contributed by atoms with E-state index in [9.17, 15) is 4.57 Å². The van der Waals surface area contributed by atoms with Crippen LogP contribution in [0.3, 0.4) is 0 Å². The Labute approximate surface area is 118 Å². The number of rotatable bonds is 4. The molecule has 98 valence electrons. The predicted octanol–water partition coefficient (Wildman–Crippen LogP) is 3.69. The van der Waals surface area contributed by atoms with Crippen LogP contribution in [0.2, 0.25) is 0 Å². The van der Waals surface area contributed by atoms with E-state index in [-0.39, 0.29) is 6.04 Å². The number of hydrogen-bond donors (Lipinski definition) is 0. The van der Waals surface area contributed by atoms with Crippen molar-refractivity contribution in [2.45, 2.75) is 6.04 Å². The van der Waals surface area contributed by atoms with Crippen LogP contribution in [0.1, 0.15) is 0 Å². The smallest absolute Gasteiger partial charge is 0.196 e. The highest BCUT2D eigenvalue weighted by molar-refractivity contribution is 7.45. The molecule has 3 atom stereocenters. The molecule has 2 aromatic carbocycles. The van der Waals surface area contributed by atoms with Gasteiger partial charge in [-0.1, -0.05) is 41.1 Å². The normalized spacial score (nSPS) is 20.9. The lowest BCUT2D eigenvalue weighted by molar-refractivity contribution is 0.564. The Balaban J connectivity index is 1.97. The second-order valence-corrected chi connectivity index (χ2v) is 5.92. The van der Waals surface area contributed by atoms with Gasteiger partial charge in [0.2, 0.25) is 0 Å². The first-order chi connectivity index (χ1) is 9.81. The standard InChI is InChI=1S/C15H13N3OP/c16-11-15-12-17(15)20(19)18(13-7-3-1-4-8-13)14-9-5-2-6-10-14/h1-10,15H,12H2/q+1. The first-order valence-electron chi connectivity index (χ1n) is 6.35. The van der Waals surface area contributed by atoms with E-state index in [4.69, 9.17) is 5.26 Å². The van der Waals surface area contributed by atoms with Crippen LogP contribution >= 0.6 is 8.10 Å². The Hall–Kier alpha value is -2.21. The van der Waals surface area contributed by atoms with Crippen molar-refractivity contribution in [2.75, 3.05) is 11.2 Å². The summed E-state index contributed by atoms with van der Waals surface area (Å²) in [5.74, 6) is 0. The van der Waals surface area contributed by atoms with Crippen molar-refractivity contribution in [1.82, 2.24) is 4.67 Å². The Morgan fingerprint density at radius 3 is 1.95 bits per heavy atom. The van der Waals surface area contributed by atoms with Crippen molar-refractivity contribution in [3.8, 4) is 6.07 Å². The Morgan fingerprint density at radius 1 is 1.05 bits per heavy atom. The predicted molar refractivity (Wildman–Crippen MR) is 78.7 cm³/mol. The van der Waals surface area contributed by atoms with E-state index in [1.807, 2.05) is 60.7 Å². The molecule has 0 radical (unpaired) electrons. The molecule has 1 saturated heterocycles. The number of nitrogens with zero attached hydrogens (tertiary/aromatic N) is 3. The summed E-state index contributed by atoms with van der Waals surface area (Å²) in [5, 5.41) is 8.91. The Kier molecular flexibility index (Phi) is 3.47. The molecule has 5 heteroatoms. The molecule has 0 aliphatic carbocycles. The quantitative estimate of drug-likeness (QED) is 0.634. The molecular formula is C15H13N3OP+. The Morgan fingerprint density at radius 2 is 1.55 bits per heavy atom. The van der Waals surface area contributed by atoms with E-state index in [1.54, 1.807) is 9.34 Å². The summed E-state index contributed by atoms with van der Waals surface area (Å²) < 4.78 is 16.2. The number of anilines is 2. The summed E-state index contributed by atoms with van der Waals surface area (Å²) in [4.78, 5) is 0. The number of benzene rings is 2. The summed E-state index contributed by atoms with van der Waals surface area (Å²) >= 11 is 0. The van der Waals surface area contributed by atoms with E-state index in [1.165, 1.54) is 0 Å². The van der Waals surface area contributed by atoms with Crippen molar-refractivity contribution in [2.24, 2.45) is 0 Å². The fourth-order valence-electron chi connectivity index (χ4n) is 2.03. The van der Waals surface area contributed by atoms with Gasteiger partial charge in [-0.3, -0.25) is 0 Å². The highest BCUT2D eigenvalue weighted by atomic mass is 31.1. The summed E-state index contributed by atoms with van der Waals surface area (Å²) in [6, 6.07) is 21.1. The summed E-state index contributed by atoms with van der Waals surface area (Å²) in [7, 11) is -1.80. The van der Waals surface area contributed by atoms with E-state index in [0.717, 1.165) is 11.4 Å². The monoisotopic (exact) mass is 282 g/mol. The fraction of sp³-hybridized carbons (Fsp3) is 0.133. The van der Waals surface area contributed by atoms with E-state index >= 15 is 0 Å². The van der Waals surface area contributed by atoms with Crippen LogP contribution in [0, 0.1) is 11.3 Å². The average Bonchev–Trinajstić information content (AvgIpc) is 3.29. The average molecular weight is 282 g/mol. The molecule has 1 aliphatic heterocycles. The summed E-state index contributed by atoms with van der Waals surface area (Å²) in [5.41, 5.74) is 1.73. The number of hydrogen-bond acceptors (Lipinski definition) is 2. The van der Waals surface area contributed by atoms with Gasteiger partial charge in [-0.25, -0.2) is 0 Å². The maximum atomic E-state index is 12.7. The lowest BCUT2D eigenvalue weighted by atomic mass is 10.3. The van der Waals surface area contributed by atoms with Gasteiger partial charge in [-0.15, -0.1) is 4.67 Å². The second kappa shape index (κ2) is 5.42. The van der Waals surface area contributed by atoms with Gasteiger partial charge >= 0.3 is 8.10 Å². The lowest BCUT2D eigenvalue weighted by Gasteiger charge is -2.12. The zero-order valence-electron chi connectivity index (χ0n) is 10.8. The molecule has 0 aromatic heterocycles. The summed E-state index contributed by atoms with van der Waals surface area (Å²) in [6.45, 7) is 0.571. The van der Waals surface area contributed by atoms with Gasteiger partial charge in [0.05, 0.1) is 24.0 Å². The molecule has 4 nitrogen and oxygen atoms in total. The third kappa shape index (κ3) is 2.42. The molecule has 0 spiro atoms. The highest BCUT2D eigenvalue weighted by Gasteiger charge is 2.54. The minimum atomic E-state index is -1.80. The van der Waals surface area contributed by atoms with E-state index in [0.29, 0.717) is 6.54 Å². The van der Waals surface area contributed by atoms with E-state index < -0.39 is 8.10 Å². The van der Waals surface area contributed by atoms with Crippen molar-refractivity contribution < 1.29 is 4.57 Å². The third-order valence-electron chi connectivity index (χ3n) is 3.13. The zero-order chi connectivity index (χ0) is 13.9. The van der Waals surface area contributed by atoms with Crippen molar-refractivity contribution in [3.05, 3.63) is 60.7 Å². The molecule has 1 aliphatic rings. The molecule has 20 heavy (non-hydrogen) atoms.